The van der Waals surface area contributed by atoms with Crippen molar-refractivity contribution in [2.45, 2.75) is 51.7 Å². The molecule has 5 rings (SSSR count). The summed E-state index contributed by atoms with van der Waals surface area (Å²) >= 11 is 0. The van der Waals surface area contributed by atoms with E-state index in [1.165, 1.54) is 0 Å². The van der Waals surface area contributed by atoms with Crippen LogP contribution in [0.2, 0.25) is 0 Å². The predicted octanol–water partition coefficient (Wildman–Crippen LogP) is 4.74. The maximum atomic E-state index is 14.0. The van der Waals surface area contributed by atoms with Gasteiger partial charge in [0.2, 0.25) is 5.91 Å². The van der Waals surface area contributed by atoms with Gasteiger partial charge < -0.3 is 24.6 Å². The van der Waals surface area contributed by atoms with Gasteiger partial charge in [-0.25, -0.2) is 4.98 Å². The summed E-state index contributed by atoms with van der Waals surface area (Å²) in [7, 11) is 1.79. The molecule has 2 fully saturated rings. The van der Waals surface area contributed by atoms with Crippen molar-refractivity contribution < 1.29 is 14.3 Å². The highest BCUT2D eigenvalue weighted by atomic mass is 16.5. The van der Waals surface area contributed by atoms with Gasteiger partial charge in [0.15, 0.2) is 0 Å². The molecule has 2 aliphatic heterocycles. The number of morpholine rings is 1. The molecule has 1 aliphatic carbocycles. The van der Waals surface area contributed by atoms with E-state index in [9.17, 15) is 4.79 Å². The Bertz CT molecular complexity index is 1030. The van der Waals surface area contributed by atoms with Gasteiger partial charge in [-0.1, -0.05) is 6.07 Å². The number of aromatic nitrogens is 1. The summed E-state index contributed by atoms with van der Waals surface area (Å²) in [5.74, 6) is 1.55. The second-order valence-corrected chi connectivity index (χ2v) is 10.2. The molecule has 34 heavy (non-hydrogen) atoms. The van der Waals surface area contributed by atoms with E-state index in [4.69, 9.17) is 9.47 Å². The highest BCUT2D eigenvalue weighted by Crippen LogP contribution is 2.42. The van der Waals surface area contributed by atoms with Crippen molar-refractivity contribution in [3.63, 3.8) is 0 Å². The number of rotatable bonds is 4. The lowest BCUT2D eigenvalue weighted by atomic mass is 9.74. The summed E-state index contributed by atoms with van der Waals surface area (Å²) in [6.07, 6.45) is 5.63. The number of pyridine rings is 1. The lowest BCUT2D eigenvalue weighted by molar-refractivity contribution is -0.125. The van der Waals surface area contributed by atoms with Crippen molar-refractivity contribution in [3.05, 3.63) is 42.1 Å². The Morgan fingerprint density at radius 3 is 2.65 bits per heavy atom. The molecule has 0 atom stereocenters. The number of carbonyl (C=O) groups is 1. The number of methoxy groups -OCH3 is 1. The number of hydrogen-bond acceptors (Lipinski definition) is 6. The molecule has 182 valence electrons. The second-order valence-electron chi connectivity index (χ2n) is 10.2. The fraction of sp³-hybridized carbons (Fsp3) is 0.556. The van der Waals surface area contributed by atoms with Crippen LogP contribution in [0.25, 0.3) is 0 Å². The highest BCUT2D eigenvalue weighted by Gasteiger charge is 2.37. The van der Waals surface area contributed by atoms with Gasteiger partial charge in [0.25, 0.3) is 0 Å². The van der Waals surface area contributed by atoms with Crippen LogP contribution in [0.1, 0.15) is 45.1 Å². The molecule has 1 saturated carbocycles. The zero-order valence-electron chi connectivity index (χ0n) is 20.5. The molecule has 0 spiro atoms. The standard InChI is InChI=1S/C27H36N4O3/c1-27(2,33-3)21-8-6-19(7-9-21)26(32)31-18-20-5-4-12-28-25(20)29-23-11-10-22(17-24(23)31)30-13-15-34-16-14-30/h4-5,10-12,17,19,21H,6-9,13-16,18H2,1-3H3,(H,28,29). The first kappa shape index (κ1) is 23.1. The number of hydrogen-bond donors (Lipinski definition) is 1. The third-order valence-corrected chi connectivity index (χ3v) is 7.97. The van der Waals surface area contributed by atoms with Crippen LogP contribution in [0.4, 0.5) is 22.9 Å². The average molecular weight is 465 g/mol. The number of nitrogens with zero attached hydrogens (tertiary/aromatic N) is 3. The van der Waals surface area contributed by atoms with Gasteiger partial charge in [0.05, 0.1) is 36.7 Å². The SMILES string of the molecule is COC(C)(C)C1CCC(C(=O)N2Cc3cccnc3Nc3ccc(N4CCOCC4)cc32)CC1. The molecule has 0 bridgehead atoms. The number of carbonyl (C=O) groups excluding carboxylic acids is 1. The second kappa shape index (κ2) is 9.55. The quantitative estimate of drug-likeness (QED) is 0.705. The summed E-state index contributed by atoms with van der Waals surface area (Å²) in [6.45, 7) is 8.03. The molecule has 1 amide bonds. The van der Waals surface area contributed by atoms with Crippen LogP contribution in [0.3, 0.4) is 0 Å². The molecule has 1 aromatic heterocycles. The smallest absolute Gasteiger partial charge is 0.230 e. The van der Waals surface area contributed by atoms with Gasteiger partial charge in [-0.3, -0.25) is 4.79 Å². The number of ether oxygens (including phenoxy) is 2. The Morgan fingerprint density at radius 1 is 1.15 bits per heavy atom. The molecule has 0 unspecified atom stereocenters. The number of fused-ring (bicyclic) bond motifs is 2. The minimum absolute atomic E-state index is 0.0296. The molecular formula is C27H36N4O3. The lowest BCUT2D eigenvalue weighted by Gasteiger charge is -2.39. The molecule has 1 N–H and O–H groups in total. The maximum absolute atomic E-state index is 14.0. The number of nitrogens with one attached hydrogen (secondary N) is 1. The van der Waals surface area contributed by atoms with E-state index in [0.717, 1.165) is 80.4 Å². The van der Waals surface area contributed by atoms with Crippen LogP contribution in [0.15, 0.2) is 36.5 Å². The molecule has 1 aromatic carbocycles. The third kappa shape index (κ3) is 4.51. The van der Waals surface area contributed by atoms with Crippen molar-refractivity contribution in [2.24, 2.45) is 11.8 Å². The minimum Gasteiger partial charge on any atom is -0.379 e. The van der Waals surface area contributed by atoms with Gasteiger partial charge in [0, 0.05) is 43.6 Å². The molecule has 2 aromatic rings. The fourth-order valence-corrected chi connectivity index (χ4v) is 5.55. The number of amides is 1. The number of anilines is 4. The summed E-state index contributed by atoms with van der Waals surface area (Å²) < 4.78 is 11.3. The summed E-state index contributed by atoms with van der Waals surface area (Å²) in [4.78, 5) is 22.9. The van der Waals surface area contributed by atoms with E-state index in [1.54, 1.807) is 13.3 Å². The Balaban J connectivity index is 1.44. The zero-order chi connectivity index (χ0) is 23.7. The van der Waals surface area contributed by atoms with Crippen LogP contribution in [-0.4, -0.2) is 49.9 Å². The Labute approximate surface area is 202 Å². The van der Waals surface area contributed by atoms with Crippen molar-refractivity contribution in [3.8, 4) is 0 Å². The van der Waals surface area contributed by atoms with E-state index in [0.29, 0.717) is 12.5 Å². The highest BCUT2D eigenvalue weighted by molar-refractivity contribution is 6.00. The fourth-order valence-electron chi connectivity index (χ4n) is 5.55. The topological polar surface area (TPSA) is 66.9 Å². The van der Waals surface area contributed by atoms with Crippen LogP contribution in [-0.2, 0) is 20.8 Å². The van der Waals surface area contributed by atoms with Crippen molar-refractivity contribution >= 4 is 28.8 Å². The van der Waals surface area contributed by atoms with Crippen LogP contribution in [0, 0.1) is 11.8 Å². The summed E-state index contributed by atoms with van der Waals surface area (Å²) in [5, 5.41) is 3.49. The summed E-state index contributed by atoms with van der Waals surface area (Å²) in [5.41, 5.74) is 3.88. The van der Waals surface area contributed by atoms with Gasteiger partial charge in [0.1, 0.15) is 5.82 Å². The van der Waals surface area contributed by atoms with Crippen molar-refractivity contribution in [1.29, 1.82) is 0 Å². The Kier molecular flexibility index (Phi) is 6.49. The third-order valence-electron chi connectivity index (χ3n) is 7.97. The van der Waals surface area contributed by atoms with E-state index in [-0.39, 0.29) is 17.4 Å². The van der Waals surface area contributed by atoms with E-state index >= 15 is 0 Å². The van der Waals surface area contributed by atoms with E-state index in [2.05, 4.69) is 53.3 Å². The first-order valence-electron chi connectivity index (χ1n) is 12.5. The lowest BCUT2D eigenvalue weighted by Crippen LogP contribution is -2.41. The Hall–Kier alpha value is -2.64. The van der Waals surface area contributed by atoms with Gasteiger partial charge in [-0.2, -0.15) is 0 Å². The van der Waals surface area contributed by atoms with Gasteiger partial charge in [-0.15, -0.1) is 0 Å². The Morgan fingerprint density at radius 2 is 1.91 bits per heavy atom. The molecule has 1 saturated heterocycles. The van der Waals surface area contributed by atoms with Crippen molar-refractivity contribution in [2.75, 3.05) is 48.5 Å². The number of benzene rings is 1. The predicted molar refractivity (Wildman–Crippen MR) is 135 cm³/mol. The maximum Gasteiger partial charge on any atom is 0.230 e. The zero-order valence-corrected chi connectivity index (χ0v) is 20.5. The van der Waals surface area contributed by atoms with Crippen LogP contribution >= 0.6 is 0 Å². The van der Waals surface area contributed by atoms with E-state index in [1.807, 2.05) is 11.0 Å². The molecule has 0 radical (unpaired) electrons. The van der Waals surface area contributed by atoms with Crippen LogP contribution < -0.4 is 15.1 Å². The largest absolute Gasteiger partial charge is 0.379 e. The average Bonchev–Trinajstić information content (AvgIpc) is 3.05. The van der Waals surface area contributed by atoms with Crippen molar-refractivity contribution in [1.82, 2.24) is 4.98 Å². The first-order valence-corrected chi connectivity index (χ1v) is 12.5. The molecule has 3 heterocycles. The van der Waals surface area contributed by atoms with Gasteiger partial charge >= 0.3 is 0 Å². The van der Waals surface area contributed by atoms with Crippen LogP contribution in [0.5, 0.6) is 0 Å². The monoisotopic (exact) mass is 464 g/mol. The van der Waals surface area contributed by atoms with E-state index < -0.39 is 0 Å². The molecule has 3 aliphatic rings. The summed E-state index contributed by atoms with van der Waals surface area (Å²) in [6, 6.07) is 10.4. The normalized spacial score (nSPS) is 22.9. The first-order chi connectivity index (χ1) is 16.5. The molecular weight excluding hydrogens is 428 g/mol. The minimum atomic E-state index is -0.148. The van der Waals surface area contributed by atoms with Gasteiger partial charge in [-0.05, 0) is 69.7 Å². The molecule has 7 nitrogen and oxygen atoms in total. The molecule has 7 heteroatoms.